The van der Waals surface area contributed by atoms with E-state index in [0.29, 0.717) is 29.3 Å². The molecule has 0 unspecified atom stereocenters. The lowest BCUT2D eigenvalue weighted by Crippen LogP contribution is -2.19. The van der Waals surface area contributed by atoms with Crippen molar-refractivity contribution in [3.05, 3.63) is 83.3 Å². The molecule has 31 heavy (non-hydrogen) atoms. The molecule has 0 spiro atoms. The SMILES string of the molecule is COC[C@H](C)Oc1cc(C=Cc2cc(F)ccc2F)cc(C(=O)Nc2cnccn2)c1. The van der Waals surface area contributed by atoms with Gasteiger partial charge in [-0.1, -0.05) is 12.2 Å². The third kappa shape index (κ3) is 6.42. The van der Waals surface area contributed by atoms with Gasteiger partial charge in [0.2, 0.25) is 0 Å². The largest absolute Gasteiger partial charge is 0.488 e. The molecule has 160 valence electrons. The van der Waals surface area contributed by atoms with Crippen molar-refractivity contribution in [2.24, 2.45) is 0 Å². The molecular weight excluding hydrogens is 404 g/mol. The molecule has 0 saturated heterocycles. The molecule has 0 bridgehead atoms. The molecule has 0 aliphatic rings. The molecule has 1 N–H and O–H groups in total. The van der Waals surface area contributed by atoms with Crippen LogP contribution in [0, 0.1) is 11.6 Å². The summed E-state index contributed by atoms with van der Waals surface area (Å²) in [5.41, 5.74) is 0.951. The van der Waals surface area contributed by atoms with Crippen LogP contribution in [0.2, 0.25) is 0 Å². The summed E-state index contributed by atoms with van der Waals surface area (Å²) in [6, 6.07) is 8.08. The molecule has 6 nitrogen and oxygen atoms in total. The topological polar surface area (TPSA) is 73.3 Å². The number of nitrogens with one attached hydrogen (secondary N) is 1. The lowest BCUT2D eigenvalue weighted by atomic mass is 10.1. The van der Waals surface area contributed by atoms with Crippen molar-refractivity contribution in [2.45, 2.75) is 13.0 Å². The van der Waals surface area contributed by atoms with Gasteiger partial charge in [0, 0.05) is 30.6 Å². The standard InChI is InChI=1S/C23H21F2N3O3/c1-15(14-30-2)31-20-10-16(3-4-17-11-19(24)5-6-21(17)25)9-18(12-20)23(29)28-22-13-26-7-8-27-22/h3-13,15H,14H2,1-2H3,(H,27,28,29)/t15-/m0/s1. The van der Waals surface area contributed by atoms with Gasteiger partial charge in [0.25, 0.3) is 5.91 Å². The summed E-state index contributed by atoms with van der Waals surface area (Å²) < 4.78 is 38.3. The highest BCUT2D eigenvalue weighted by Gasteiger charge is 2.12. The maximum absolute atomic E-state index is 13.9. The van der Waals surface area contributed by atoms with Gasteiger partial charge < -0.3 is 14.8 Å². The third-order valence-corrected chi connectivity index (χ3v) is 4.15. The summed E-state index contributed by atoms with van der Waals surface area (Å²) in [5, 5.41) is 2.66. The first kappa shape index (κ1) is 22.0. The van der Waals surface area contributed by atoms with Gasteiger partial charge in [-0.15, -0.1) is 0 Å². The number of anilines is 1. The first-order valence-electron chi connectivity index (χ1n) is 9.46. The van der Waals surface area contributed by atoms with Crippen LogP contribution in [0.3, 0.4) is 0 Å². The summed E-state index contributed by atoms with van der Waals surface area (Å²) in [4.78, 5) is 20.6. The Morgan fingerprint density at radius 1 is 1.16 bits per heavy atom. The highest BCUT2D eigenvalue weighted by molar-refractivity contribution is 6.04. The maximum atomic E-state index is 13.9. The van der Waals surface area contributed by atoms with E-state index in [0.717, 1.165) is 18.2 Å². The highest BCUT2D eigenvalue weighted by atomic mass is 19.1. The molecule has 0 saturated carbocycles. The minimum Gasteiger partial charge on any atom is -0.488 e. The monoisotopic (exact) mass is 425 g/mol. The predicted octanol–water partition coefficient (Wildman–Crippen LogP) is 4.59. The van der Waals surface area contributed by atoms with Gasteiger partial charge >= 0.3 is 0 Å². The van der Waals surface area contributed by atoms with Gasteiger partial charge in [-0.05, 0) is 48.9 Å². The third-order valence-electron chi connectivity index (χ3n) is 4.15. The van der Waals surface area contributed by atoms with Gasteiger partial charge in [0.15, 0.2) is 5.82 Å². The van der Waals surface area contributed by atoms with Crippen molar-refractivity contribution in [2.75, 3.05) is 19.0 Å². The number of amides is 1. The predicted molar refractivity (Wildman–Crippen MR) is 114 cm³/mol. The second-order valence-corrected chi connectivity index (χ2v) is 6.72. The smallest absolute Gasteiger partial charge is 0.257 e. The highest BCUT2D eigenvalue weighted by Crippen LogP contribution is 2.22. The van der Waals surface area contributed by atoms with Crippen LogP contribution in [0.1, 0.15) is 28.4 Å². The Balaban J connectivity index is 1.91. The van der Waals surface area contributed by atoms with E-state index >= 15 is 0 Å². The average molecular weight is 425 g/mol. The van der Waals surface area contributed by atoms with Gasteiger partial charge in [-0.2, -0.15) is 0 Å². The fraction of sp³-hybridized carbons (Fsp3) is 0.174. The molecule has 0 aliphatic heterocycles. The average Bonchev–Trinajstić information content (AvgIpc) is 2.75. The first-order chi connectivity index (χ1) is 14.9. The fourth-order valence-corrected chi connectivity index (χ4v) is 2.80. The summed E-state index contributed by atoms with van der Waals surface area (Å²) in [6.07, 6.45) is 7.12. The van der Waals surface area contributed by atoms with E-state index in [1.807, 2.05) is 6.92 Å². The molecule has 0 aliphatic carbocycles. The first-order valence-corrected chi connectivity index (χ1v) is 9.46. The molecule has 1 amide bonds. The number of rotatable bonds is 8. The minimum absolute atomic E-state index is 0.0876. The van der Waals surface area contributed by atoms with Crippen LogP contribution in [-0.4, -0.2) is 35.7 Å². The van der Waals surface area contributed by atoms with E-state index in [4.69, 9.17) is 9.47 Å². The van der Waals surface area contributed by atoms with E-state index in [1.54, 1.807) is 31.4 Å². The number of carbonyl (C=O) groups is 1. The Labute approximate surface area is 178 Å². The van der Waals surface area contributed by atoms with E-state index in [9.17, 15) is 13.6 Å². The van der Waals surface area contributed by atoms with Crippen LogP contribution in [0.25, 0.3) is 12.2 Å². The molecule has 0 fully saturated rings. The zero-order valence-corrected chi connectivity index (χ0v) is 17.0. The van der Waals surface area contributed by atoms with Crippen molar-refractivity contribution in [1.29, 1.82) is 0 Å². The Bertz CT molecular complexity index is 1070. The molecule has 3 rings (SSSR count). The Morgan fingerprint density at radius 3 is 2.74 bits per heavy atom. The molecule has 1 aromatic heterocycles. The number of hydrogen-bond donors (Lipinski definition) is 1. The zero-order valence-electron chi connectivity index (χ0n) is 17.0. The van der Waals surface area contributed by atoms with E-state index in [2.05, 4.69) is 15.3 Å². The van der Waals surface area contributed by atoms with Crippen molar-refractivity contribution < 1.29 is 23.0 Å². The van der Waals surface area contributed by atoms with Gasteiger partial charge in [-0.25, -0.2) is 13.8 Å². The Kier molecular flexibility index (Phi) is 7.40. The van der Waals surface area contributed by atoms with Crippen molar-refractivity contribution in [3.8, 4) is 5.75 Å². The number of hydrogen-bond acceptors (Lipinski definition) is 5. The second kappa shape index (κ2) is 10.4. The Morgan fingerprint density at radius 2 is 2.00 bits per heavy atom. The van der Waals surface area contributed by atoms with E-state index in [1.165, 1.54) is 24.7 Å². The van der Waals surface area contributed by atoms with Crippen LogP contribution in [0.5, 0.6) is 5.75 Å². The number of ether oxygens (including phenoxy) is 2. The van der Waals surface area contributed by atoms with Crippen LogP contribution in [0.15, 0.2) is 55.0 Å². The molecule has 3 aromatic rings. The van der Waals surface area contributed by atoms with Crippen LogP contribution in [0.4, 0.5) is 14.6 Å². The lowest BCUT2D eigenvalue weighted by molar-refractivity contribution is 0.0917. The van der Waals surface area contributed by atoms with Crippen LogP contribution in [-0.2, 0) is 4.74 Å². The maximum Gasteiger partial charge on any atom is 0.257 e. The molecule has 1 atom stereocenters. The molecule has 2 aromatic carbocycles. The second-order valence-electron chi connectivity index (χ2n) is 6.72. The van der Waals surface area contributed by atoms with E-state index in [-0.39, 0.29) is 11.7 Å². The minimum atomic E-state index is -0.556. The number of carbonyl (C=O) groups excluding carboxylic acids is 1. The van der Waals surface area contributed by atoms with Crippen LogP contribution >= 0.6 is 0 Å². The molecule has 1 heterocycles. The van der Waals surface area contributed by atoms with Crippen molar-refractivity contribution >= 4 is 23.9 Å². The molecular formula is C23H21F2N3O3. The molecule has 8 heteroatoms. The summed E-state index contributed by atoms with van der Waals surface area (Å²) >= 11 is 0. The molecule has 0 radical (unpaired) electrons. The van der Waals surface area contributed by atoms with Gasteiger partial charge in [0.05, 0.1) is 12.8 Å². The number of methoxy groups -OCH3 is 1. The van der Waals surface area contributed by atoms with E-state index < -0.39 is 17.5 Å². The van der Waals surface area contributed by atoms with Gasteiger partial charge in [0.1, 0.15) is 23.5 Å². The van der Waals surface area contributed by atoms with Crippen LogP contribution < -0.4 is 10.1 Å². The van der Waals surface area contributed by atoms with Crippen molar-refractivity contribution in [1.82, 2.24) is 9.97 Å². The summed E-state index contributed by atoms with van der Waals surface area (Å²) in [7, 11) is 1.56. The summed E-state index contributed by atoms with van der Waals surface area (Å²) in [5.74, 6) is -0.798. The normalized spacial score (nSPS) is 12.0. The quantitative estimate of drug-likeness (QED) is 0.535. The van der Waals surface area contributed by atoms with Gasteiger partial charge in [-0.3, -0.25) is 9.78 Å². The number of halogens is 2. The Hall–Kier alpha value is -3.65. The lowest BCUT2D eigenvalue weighted by Gasteiger charge is -2.15. The van der Waals surface area contributed by atoms with Crippen molar-refractivity contribution in [3.63, 3.8) is 0 Å². The number of aromatic nitrogens is 2. The number of benzene rings is 2. The number of nitrogens with zero attached hydrogens (tertiary/aromatic N) is 2. The summed E-state index contributed by atoms with van der Waals surface area (Å²) in [6.45, 7) is 2.18. The zero-order chi connectivity index (χ0) is 22.2. The fourth-order valence-electron chi connectivity index (χ4n) is 2.80.